The van der Waals surface area contributed by atoms with E-state index in [1.165, 1.54) is 0 Å². The smallest absolute Gasteiger partial charge is 0.106 e. The largest absolute Gasteiger partial charge is 0.384 e. The standard InChI is InChI=1S/C23H19NO/c1-16-8-7-11-18-14-19(15-24-22(16)18)23(25)21-13-6-5-12-20(21)17-9-3-2-4-10-17/h2-15,23,25H,1H3. The lowest BCUT2D eigenvalue weighted by Gasteiger charge is -2.17. The van der Waals surface area contributed by atoms with Gasteiger partial charge in [0, 0.05) is 17.1 Å². The quantitative estimate of drug-likeness (QED) is 0.555. The van der Waals surface area contributed by atoms with Gasteiger partial charge in [-0.1, -0.05) is 72.8 Å². The number of para-hydroxylation sites is 1. The number of hydrogen-bond acceptors (Lipinski definition) is 2. The van der Waals surface area contributed by atoms with Gasteiger partial charge in [0.25, 0.3) is 0 Å². The first kappa shape index (κ1) is 15.6. The third kappa shape index (κ3) is 2.92. The predicted molar refractivity (Wildman–Crippen MR) is 102 cm³/mol. The molecule has 4 aromatic rings. The van der Waals surface area contributed by atoms with Gasteiger partial charge in [-0.25, -0.2) is 0 Å². The van der Waals surface area contributed by atoms with Gasteiger partial charge in [0.1, 0.15) is 6.10 Å². The summed E-state index contributed by atoms with van der Waals surface area (Å²) in [6.45, 7) is 2.05. The van der Waals surface area contributed by atoms with Crippen molar-refractivity contribution in [3.8, 4) is 11.1 Å². The summed E-state index contributed by atoms with van der Waals surface area (Å²) in [7, 11) is 0. The fourth-order valence-corrected chi connectivity index (χ4v) is 3.28. The number of aromatic nitrogens is 1. The molecular weight excluding hydrogens is 306 g/mol. The van der Waals surface area contributed by atoms with Crippen LogP contribution in [0, 0.1) is 6.92 Å². The maximum Gasteiger partial charge on any atom is 0.106 e. The van der Waals surface area contributed by atoms with Gasteiger partial charge in [0.2, 0.25) is 0 Å². The molecule has 1 heterocycles. The summed E-state index contributed by atoms with van der Waals surface area (Å²) >= 11 is 0. The van der Waals surface area contributed by atoms with Crippen LogP contribution in [-0.2, 0) is 0 Å². The van der Waals surface area contributed by atoms with Gasteiger partial charge in [-0.2, -0.15) is 0 Å². The lowest BCUT2D eigenvalue weighted by atomic mass is 9.93. The van der Waals surface area contributed by atoms with Crippen LogP contribution in [0.2, 0.25) is 0 Å². The lowest BCUT2D eigenvalue weighted by molar-refractivity contribution is 0.220. The monoisotopic (exact) mass is 325 g/mol. The highest BCUT2D eigenvalue weighted by Crippen LogP contribution is 2.32. The van der Waals surface area contributed by atoms with Crippen molar-refractivity contribution in [2.75, 3.05) is 0 Å². The molecule has 1 unspecified atom stereocenters. The Labute approximate surface area is 147 Å². The highest BCUT2D eigenvalue weighted by atomic mass is 16.3. The van der Waals surface area contributed by atoms with Crippen LogP contribution in [0.15, 0.2) is 85.1 Å². The SMILES string of the molecule is Cc1cccc2cc(C(O)c3ccccc3-c3ccccc3)cnc12. The van der Waals surface area contributed by atoms with Crippen LogP contribution in [0.3, 0.4) is 0 Å². The van der Waals surface area contributed by atoms with Crippen molar-refractivity contribution in [3.63, 3.8) is 0 Å². The molecule has 0 aliphatic carbocycles. The highest BCUT2D eigenvalue weighted by molar-refractivity contribution is 5.82. The van der Waals surface area contributed by atoms with Crippen molar-refractivity contribution in [2.45, 2.75) is 13.0 Å². The molecule has 0 aliphatic rings. The summed E-state index contributed by atoms with van der Waals surface area (Å²) in [5.41, 5.74) is 5.96. The number of fused-ring (bicyclic) bond motifs is 1. The molecule has 0 bridgehead atoms. The highest BCUT2D eigenvalue weighted by Gasteiger charge is 2.16. The molecule has 25 heavy (non-hydrogen) atoms. The van der Waals surface area contributed by atoms with Crippen LogP contribution in [0.5, 0.6) is 0 Å². The minimum absolute atomic E-state index is 0.714. The second-order valence-corrected chi connectivity index (χ2v) is 6.27. The van der Waals surface area contributed by atoms with Gasteiger partial charge < -0.3 is 5.11 Å². The van der Waals surface area contributed by atoms with E-state index in [2.05, 4.69) is 30.1 Å². The van der Waals surface area contributed by atoms with E-state index in [0.717, 1.165) is 38.7 Å². The molecular formula is C23H19NO. The molecule has 0 saturated carbocycles. The summed E-state index contributed by atoms with van der Waals surface area (Å²) in [6.07, 6.45) is 1.07. The van der Waals surface area contributed by atoms with Crippen molar-refractivity contribution in [3.05, 3.63) is 102 Å². The molecule has 0 amide bonds. The van der Waals surface area contributed by atoms with E-state index >= 15 is 0 Å². The van der Waals surface area contributed by atoms with Crippen LogP contribution in [0.1, 0.15) is 22.8 Å². The Morgan fingerprint density at radius 3 is 2.44 bits per heavy atom. The number of nitrogens with zero attached hydrogens (tertiary/aromatic N) is 1. The summed E-state index contributed by atoms with van der Waals surface area (Å²) in [5.74, 6) is 0. The number of rotatable bonds is 3. The molecule has 0 radical (unpaired) electrons. The molecule has 4 rings (SSSR count). The molecule has 1 atom stereocenters. The summed E-state index contributed by atoms with van der Waals surface area (Å²) in [5, 5.41) is 12.1. The fourth-order valence-electron chi connectivity index (χ4n) is 3.28. The van der Waals surface area contributed by atoms with Crippen LogP contribution < -0.4 is 0 Å². The number of aryl methyl sites for hydroxylation is 1. The topological polar surface area (TPSA) is 33.1 Å². The maximum absolute atomic E-state index is 11.0. The number of hydrogen-bond donors (Lipinski definition) is 1. The van der Waals surface area contributed by atoms with Crippen LogP contribution in [-0.4, -0.2) is 10.1 Å². The summed E-state index contributed by atoms with van der Waals surface area (Å²) < 4.78 is 0. The van der Waals surface area contributed by atoms with Crippen LogP contribution >= 0.6 is 0 Å². The third-order valence-electron chi connectivity index (χ3n) is 4.59. The Hall–Kier alpha value is -2.97. The molecule has 2 nitrogen and oxygen atoms in total. The van der Waals surface area contributed by atoms with Crippen LogP contribution in [0.25, 0.3) is 22.0 Å². The minimum atomic E-state index is -0.714. The zero-order chi connectivity index (χ0) is 17.2. The normalized spacial score (nSPS) is 12.2. The van der Waals surface area contributed by atoms with Gasteiger partial charge in [-0.15, -0.1) is 0 Å². The summed E-state index contributed by atoms with van der Waals surface area (Å²) in [6, 6.07) is 26.3. The van der Waals surface area contributed by atoms with Gasteiger partial charge in [-0.3, -0.25) is 4.98 Å². The van der Waals surface area contributed by atoms with Crippen molar-refractivity contribution in [1.29, 1.82) is 0 Å². The van der Waals surface area contributed by atoms with E-state index in [0.29, 0.717) is 0 Å². The minimum Gasteiger partial charge on any atom is -0.384 e. The number of aliphatic hydroxyl groups excluding tert-OH is 1. The molecule has 2 heteroatoms. The van der Waals surface area contributed by atoms with E-state index in [4.69, 9.17) is 0 Å². The Bertz CT molecular complexity index is 1020. The van der Waals surface area contributed by atoms with Crippen molar-refractivity contribution >= 4 is 10.9 Å². The van der Waals surface area contributed by atoms with E-state index in [1.807, 2.05) is 60.7 Å². The number of benzene rings is 3. The van der Waals surface area contributed by atoms with E-state index in [-0.39, 0.29) is 0 Å². The molecule has 3 aromatic carbocycles. The first-order valence-electron chi connectivity index (χ1n) is 8.42. The first-order valence-corrected chi connectivity index (χ1v) is 8.42. The maximum atomic E-state index is 11.0. The van der Waals surface area contributed by atoms with E-state index in [1.54, 1.807) is 6.20 Å². The van der Waals surface area contributed by atoms with E-state index in [9.17, 15) is 5.11 Å². The lowest BCUT2D eigenvalue weighted by Crippen LogP contribution is -2.03. The molecule has 1 N–H and O–H groups in total. The Morgan fingerprint density at radius 2 is 1.60 bits per heavy atom. The van der Waals surface area contributed by atoms with E-state index < -0.39 is 6.10 Å². The molecule has 0 aliphatic heterocycles. The predicted octanol–water partition coefficient (Wildman–Crippen LogP) is 5.29. The average molecular weight is 325 g/mol. The third-order valence-corrected chi connectivity index (χ3v) is 4.59. The molecule has 1 aromatic heterocycles. The number of pyridine rings is 1. The molecule has 0 saturated heterocycles. The van der Waals surface area contributed by atoms with Crippen LogP contribution in [0.4, 0.5) is 0 Å². The first-order chi connectivity index (χ1) is 12.2. The van der Waals surface area contributed by atoms with Gasteiger partial charge in [-0.05, 0) is 35.2 Å². The second-order valence-electron chi connectivity index (χ2n) is 6.27. The van der Waals surface area contributed by atoms with Gasteiger partial charge >= 0.3 is 0 Å². The van der Waals surface area contributed by atoms with Crippen molar-refractivity contribution < 1.29 is 5.11 Å². The Balaban J connectivity index is 1.81. The molecule has 0 spiro atoms. The molecule has 122 valence electrons. The van der Waals surface area contributed by atoms with Crippen molar-refractivity contribution in [2.24, 2.45) is 0 Å². The molecule has 0 fully saturated rings. The summed E-state index contributed by atoms with van der Waals surface area (Å²) in [4.78, 5) is 4.57. The zero-order valence-electron chi connectivity index (χ0n) is 14.1. The number of aliphatic hydroxyl groups is 1. The Kier molecular flexibility index (Phi) is 4.04. The fraction of sp³-hybridized carbons (Fsp3) is 0.0870. The van der Waals surface area contributed by atoms with Gasteiger partial charge in [0.05, 0.1) is 5.52 Å². The van der Waals surface area contributed by atoms with Gasteiger partial charge in [0.15, 0.2) is 0 Å². The van der Waals surface area contributed by atoms with Crippen molar-refractivity contribution in [1.82, 2.24) is 4.98 Å². The zero-order valence-corrected chi connectivity index (χ0v) is 14.1. The second kappa shape index (κ2) is 6.50. The average Bonchev–Trinajstić information content (AvgIpc) is 2.68. The Morgan fingerprint density at radius 1 is 0.840 bits per heavy atom.